The van der Waals surface area contributed by atoms with Crippen LogP contribution in [0.2, 0.25) is 0 Å². The molecule has 0 saturated carbocycles. The first kappa shape index (κ1) is 17.8. The second-order valence-corrected chi connectivity index (χ2v) is 7.49. The smallest absolute Gasteiger partial charge is 0.314 e. The van der Waals surface area contributed by atoms with Crippen LogP contribution in [0, 0.1) is 0 Å². The molecule has 1 aromatic carbocycles. The molecule has 0 spiro atoms. The number of urea groups is 1. The van der Waals surface area contributed by atoms with E-state index in [0.717, 1.165) is 25.9 Å². The van der Waals surface area contributed by atoms with Crippen molar-refractivity contribution >= 4 is 6.03 Å². The Balaban J connectivity index is 2.08. The van der Waals surface area contributed by atoms with Crippen LogP contribution >= 0.6 is 0 Å². The van der Waals surface area contributed by atoms with Crippen LogP contribution in [0.3, 0.4) is 0 Å². The molecular formula is C19H30N2O2. The fraction of sp³-hybridized carbons (Fsp3) is 0.632. The molecule has 128 valence electrons. The number of hydrogen-bond donors (Lipinski definition) is 2. The molecule has 0 bridgehead atoms. The van der Waals surface area contributed by atoms with Gasteiger partial charge in [-0.15, -0.1) is 0 Å². The Labute approximate surface area is 140 Å². The molecule has 1 heterocycles. The number of carbonyl (C=O) groups is 1. The van der Waals surface area contributed by atoms with Gasteiger partial charge in [0.2, 0.25) is 0 Å². The standard InChI is InChI=1S/C19H30N2O2/c1-15(2)21-17(22)20-12-10-19(16-8-6-5-7-9-16)11-13-23-18(3,4)14-19/h5-9,15H,10-14H2,1-4H3,(H2,20,21,22)/t19-/m1/s1. The lowest BCUT2D eigenvalue weighted by atomic mass is 9.67. The minimum Gasteiger partial charge on any atom is -0.376 e. The number of ether oxygens (including phenoxy) is 1. The zero-order valence-electron chi connectivity index (χ0n) is 14.8. The summed E-state index contributed by atoms with van der Waals surface area (Å²) in [5.74, 6) is 0. The average molecular weight is 318 g/mol. The van der Waals surface area contributed by atoms with Crippen LogP contribution in [0.25, 0.3) is 0 Å². The monoisotopic (exact) mass is 318 g/mol. The number of amides is 2. The van der Waals surface area contributed by atoms with Gasteiger partial charge in [0.05, 0.1) is 5.60 Å². The predicted molar refractivity (Wildman–Crippen MR) is 93.7 cm³/mol. The lowest BCUT2D eigenvalue weighted by Gasteiger charge is -2.45. The van der Waals surface area contributed by atoms with Crippen molar-refractivity contribution in [2.24, 2.45) is 0 Å². The van der Waals surface area contributed by atoms with Crippen molar-refractivity contribution in [3.05, 3.63) is 35.9 Å². The molecule has 0 aliphatic carbocycles. The third kappa shape index (κ3) is 4.96. The topological polar surface area (TPSA) is 50.4 Å². The minimum absolute atomic E-state index is 0.0636. The van der Waals surface area contributed by atoms with Crippen molar-refractivity contribution in [3.63, 3.8) is 0 Å². The van der Waals surface area contributed by atoms with Crippen molar-refractivity contribution in [1.29, 1.82) is 0 Å². The van der Waals surface area contributed by atoms with Gasteiger partial charge in [0.25, 0.3) is 0 Å². The Hall–Kier alpha value is -1.55. The molecule has 0 unspecified atom stereocenters. The molecule has 0 aromatic heterocycles. The molecule has 1 aromatic rings. The van der Waals surface area contributed by atoms with Crippen molar-refractivity contribution in [2.45, 2.75) is 64.0 Å². The van der Waals surface area contributed by atoms with Gasteiger partial charge in [0.1, 0.15) is 0 Å². The summed E-state index contributed by atoms with van der Waals surface area (Å²) in [6.45, 7) is 9.67. The van der Waals surface area contributed by atoms with Crippen LogP contribution in [-0.4, -0.2) is 30.8 Å². The molecule has 2 rings (SSSR count). The number of benzene rings is 1. The van der Waals surface area contributed by atoms with Crippen LogP contribution in [0.5, 0.6) is 0 Å². The summed E-state index contributed by atoms with van der Waals surface area (Å²) in [5, 5.41) is 5.87. The quantitative estimate of drug-likeness (QED) is 0.871. The maximum atomic E-state index is 11.8. The molecule has 1 aliphatic heterocycles. The van der Waals surface area contributed by atoms with Crippen molar-refractivity contribution in [1.82, 2.24) is 10.6 Å². The Kier molecular flexibility index (Phi) is 5.69. The highest BCUT2D eigenvalue weighted by atomic mass is 16.5. The number of carbonyl (C=O) groups excluding carboxylic acids is 1. The van der Waals surface area contributed by atoms with Crippen LogP contribution < -0.4 is 10.6 Å². The molecule has 1 saturated heterocycles. The molecule has 2 amide bonds. The van der Waals surface area contributed by atoms with Crippen LogP contribution in [0.1, 0.15) is 52.5 Å². The van der Waals surface area contributed by atoms with Gasteiger partial charge < -0.3 is 15.4 Å². The Morgan fingerprint density at radius 2 is 1.96 bits per heavy atom. The number of hydrogen-bond acceptors (Lipinski definition) is 2. The van der Waals surface area contributed by atoms with Gasteiger partial charge in [-0.05, 0) is 52.5 Å². The number of nitrogens with one attached hydrogen (secondary N) is 2. The maximum absolute atomic E-state index is 11.8. The Bertz CT molecular complexity index is 513. The lowest BCUT2D eigenvalue weighted by molar-refractivity contribution is -0.0838. The fourth-order valence-electron chi connectivity index (χ4n) is 3.60. The van der Waals surface area contributed by atoms with E-state index < -0.39 is 0 Å². The van der Waals surface area contributed by atoms with E-state index in [9.17, 15) is 4.79 Å². The van der Waals surface area contributed by atoms with Gasteiger partial charge in [0.15, 0.2) is 0 Å². The predicted octanol–water partition coefficient (Wildman–Crippen LogP) is 3.61. The Morgan fingerprint density at radius 1 is 1.26 bits per heavy atom. The highest BCUT2D eigenvalue weighted by Gasteiger charge is 2.41. The number of rotatable bonds is 5. The highest BCUT2D eigenvalue weighted by molar-refractivity contribution is 5.74. The van der Waals surface area contributed by atoms with E-state index in [0.29, 0.717) is 6.54 Å². The van der Waals surface area contributed by atoms with E-state index in [1.807, 2.05) is 13.8 Å². The van der Waals surface area contributed by atoms with Gasteiger partial charge in [0, 0.05) is 24.6 Å². The summed E-state index contributed by atoms with van der Waals surface area (Å²) < 4.78 is 5.92. The second kappa shape index (κ2) is 7.35. The molecule has 1 aliphatic rings. The van der Waals surface area contributed by atoms with E-state index >= 15 is 0 Å². The van der Waals surface area contributed by atoms with E-state index in [-0.39, 0.29) is 23.1 Å². The van der Waals surface area contributed by atoms with Gasteiger partial charge >= 0.3 is 6.03 Å². The summed E-state index contributed by atoms with van der Waals surface area (Å²) in [4.78, 5) is 11.8. The van der Waals surface area contributed by atoms with E-state index in [4.69, 9.17) is 4.74 Å². The molecule has 23 heavy (non-hydrogen) atoms. The van der Waals surface area contributed by atoms with E-state index in [2.05, 4.69) is 54.8 Å². The molecule has 4 nitrogen and oxygen atoms in total. The summed E-state index contributed by atoms with van der Waals surface area (Å²) in [6.07, 6.45) is 2.89. The van der Waals surface area contributed by atoms with Crippen LogP contribution in [0.4, 0.5) is 4.79 Å². The molecular weight excluding hydrogens is 288 g/mol. The maximum Gasteiger partial charge on any atom is 0.314 e. The zero-order valence-corrected chi connectivity index (χ0v) is 14.8. The van der Waals surface area contributed by atoms with Crippen molar-refractivity contribution in [2.75, 3.05) is 13.2 Å². The molecule has 1 atom stereocenters. The molecule has 4 heteroatoms. The van der Waals surface area contributed by atoms with Gasteiger partial charge in [-0.3, -0.25) is 0 Å². The highest BCUT2D eigenvalue weighted by Crippen LogP contribution is 2.43. The van der Waals surface area contributed by atoms with Crippen LogP contribution in [0.15, 0.2) is 30.3 Å². The Morgan fingerprint density at radius 3 is 2.57 bits per heavy atom. The zero-order chi connectivity index (χ0) is 16.9. The summed E-state index contributed by atoms with van der Waals surface area (Å²) in [7, 11) is 0. The first-order valence-corrected chi connectivity index (χ1v) is 8.57. The lowest BCUT2D eigenvalue weighted by Crippen LogP contribution is -2.47. The SMILES string of the molecule is CC(C)NC(=O)NCC[C@@]1(c2ccccc2)CCOC(C)(C)C1. The summed E-state index contributed by atoms with van der Waals surface area (Å²) >= 11 is 0. The average Bonchev–Trinajstić information content (AvgIpc) is 2.46. The third-order valence-electron chi connectivity index (χ3n) is 4.53. The summed E-state index contributed by atoms with van der Waals surface area (Å²) in [5.41, 5.74) is 1.28. The minimum atomic E-state index is -0.131. The normalized spacial score (nSPS) is 23.5. The second-order valence-electron chi connectivity index (χ2n) is 7.49. The van der Waals surface area contributed by atoms with Gasteiger partial charge in [-0.1, -0.05) is 30.3 Å². The van der Waals surface area contributed by atoms with Gasteiger partial charge in [-0.2, -0.15) is 0 Å². The molecule has 2 N–H and O–H groups in total. The van der Waals surface area contributed by atoms with Gasteiger partial charge in [-0.25, -0.2) is 4.79 Å². The van der Waals surface area contributed by atoms with Crippen LogP contribution in [-0.2, 0) is 10.2 Å². The largest absolute Gasteiger partial charge is 0.376 e. The van der Waals surface area contributed by atoms with Crippen molar-refractivity contribution in [3.8, 4) is 0 Å². The fourth-order valence-corrected chi connectivity index (χ4v) is 3.60. The molecule has 0 radical (unpaired) electrons. The molecule has 1 fully saturated rings. The summed E-state index contributed by atoms with van der Waals surface area (Å²) in [6, 6.07) is 10.7. The third-order valence-corrected chi connectivity index (χ3v) is 4.53. The van der Waals surface area contributed by atoms with E-state index in [1.165, 1.54) is 5.56 Å². The van der Waals surface area contributed by atoms with Crippen molar-refractivity contribution < 1.29 is 9.53 Å². The first-order chi connectivity index (χ1) is 10.8. The first-order valence-electron chi connectivity index (χ1n) is 8.57. The van der Waals surface area contributed by atoms with E-state index in [1.54, 1.807) is 0 Å².